The molecule has 0 saturated heterocycles. The van der Waals surface area contributed by atoms with Gasteiger partial charge < -0.3 is 13.9 Å². The first-order chi connectivity index (χ1) is 15.9. The average Bonchev–Trinajstić information content (AvgIpc) is 3.13. The molecular formula is C29H52O4Si. The van der Waals surface area contributed by atoms with E-state index in [0.29, 0.717) is 47.2 Å². The molecule has 4 rings (SSSR count). The Morgan fingerprint density at radius 3 is 2.29 bits per heavy atom. The molecule has 0 radical (unpaired) electrons. The van der Waals surface area contributed by atoms with Crippen LogP contribution in [0.2, 0.25) is 19.6 Å². The summed E-state index contributed by atoms with van der Waals surface area (Å²) in [5, 5.41) is 0. The van der Waals surface area contributed by atoms with Crippen molar-refractivity contribution in [3.05, 3.63) is 0 Å². The average molecular weight is 493 g/mol. The maximum absolute atomic E-state index is 11.8. The second-order valence-corrected chi connectivity index (χ2v) is 18.4. The minimum Gasteiger partial charge on any atom is -0.469 e. The SMILES string of the molecule is COC(=O)CC[C@@H](C)[C@H]1CC[C@H]2[C@@H]3[C@@H](OC)CC4C[C@@H](O[Si](C)(C)C)CC[C@]4(C)[C@H]3CC[C@]12C. The number of rotatable bonds is 7. The van der Waals surface area contributed by atoms with Gasteiger partial charge in [0.2, 0.25) is 0 Å². The third-order valence-electron chi connectivity index (χ3n) is 11.2. The first-order valence-electron chi connectivity index (χ1n) is 14.2. The lowest BCUT2D eigenvalue weighted by atomic mass is 9.43. The molecule has 0 aromatic heterocycles. The van der Waals surface area contributed by atoms with Gasteiger partial charge in [-0.05, 0) is 124 Å². The molecule has 4 aliphatic rings. The third-order valence-corrected chi connectivity index (χ3v) is 12.3. The Kier molecular flexibility index (Phi) is 7.70. The minimum atomic E-state index is -1.51. The normalized spacial score (nSPS) is 45.1. The lowest BCUT2D eigenvalue weighted by Crippen LogP contribution is -2.59. The smallest absolute Gasteiger partial charge is 0.305 e. The summed E-state index contributed by atoms with van der Waals surface area (Å²) in [5.74, 6) is 4.20. The Labute approximate surface area is 210 Å². The second-order valence-electron chi connectivity index (χ2n) is 13.9. The number of fused-ring (bicyclic) bond motifs is 5. The van der Waals surface area contributed by atoms with Crippen LogP contribution in [0.1, 0.15) is 85.0 Å². The molecule has 5 heteroatoms. The summed E-state index contributed by atoms with van der Waals surface area (Å²) < 4.78 is 17.9. The molecule has 4 saturated carbocycles. The second kappa shape index (κ2) is 9.82. The van der Waals surface area contributed by atoms with Crippen molar-refractivity contribution in [3.63, 3.8) is 0 Å². The standard InChI is InChI=1S/C29H52O4Si/c1-19(9-12-26(30)32-5)22-10-11-23-27-24(14-16-29(22,23)3)28(2)15-13-21(33-34(6,7)8)17-20(28)18-25(27)31-4/h19-25,27H,9-18H2,1-8H3/t19-,20?,21+,22-,23+,24+,25+,27+,28+,29-/m1/s1. The van der Waals surface area contributed by atoms with Gasteiger partial charge >= 0.3 is 5.97 Å². The van der Waals surface area contributed by atoms with Gasteiger partial charge in [-0.3, -0.25) is 4.79 Å². The number of hydrogen-bond acceptors (Lipinski definition) is 4. The van der Waals surface area contributed by atoms with Crippen LogP contribution in [0, 0.1) is 46.3 Å². The van der Waals surface area contributed by atoms with Gasteiger partial charge in [0.1, 0.15) is 0 Å². The zero-order chi connectivity index (χ0) is 24.9. The zero-order valence-corrected chi connectivity index (χ0v) is 24.3. The summed E-state index contributed by atoms with van der Waals surface area (Å²) in [7, 11) is 1.97. The van der Waals surface area contributed by atoms with Gasteiger partial charge in [0.25, 0.3) is 0 Å². The summed E-state index contributed by atoms with van der Waals surface area (Å²) in [4.78, 5) is 11.8. The van der Waals surface area contributed by atoms with Crippen LogP contribution < -0.4 is 0 Å². The summed E-state index contributed by atoms with van der Waals surface area (Å²) >= 11 is 0. The van der Waals surface area contributed by atoms with Gasteiger partial charge in [-0.25, -0.2) is 0 Å². The molecule has 0 aliphatic heterocycles. The van der Waals surface area contributed by atoms with Gasteiger partial charge in [-0.1, -0.05) is 20.8 Å². The van der Waals surface area contributed by atoms with Gasteiger partial charge in [-0.15, -0.1) is 0 Å². The van der Waals surface area contributed by atoms with Crippen molar-refractivity contribution in [1.29, 1.82) is 0 Å². The van der Waals surface area contributed by atoms with Crippen LogP contribution in [0.15, 0.2) is 0 Å². The predicted octanol–water partition coefficient (Wildman–Crippen LogP) is 7.08. The summed E-state index contributed by atoms with van der Waals surface area (Å²) in [6.45, 7) is 14.6. The van der Waals surface area contributed by atoms with E-state index in [1.165, 1.54) is 58.5 Å². The van der Waals surface area contributed by atoms with Crippen molar-refractivity contribution in [2.45, 2.75) is 117 Å². The fourth-order valence-electron chi connectivity index (χ4n) is 9.64. The Morgan fingerprint density at radius 1 is 0.971 bits per heavy atom. The molecule has 1 unspecified atom stereocenters. The van der Waals surface area contributed by atoms with E-state index in [-0.39, 0.29) is 5.97 Å². The third kappa shape index (κ3) is 4.79. The van der Waals surface area contributed by atoms with E-state index in [1.807, 2.05) is 7.11 Å². The zero-order valence-electron chi connectivity index (χ0n) is 23.3. The Balaban J connectivity index is 1.52. The van der Waals surface area contributed by atoms with Crippen molar-refractivity contribution in [1.82, 2.24) is 0 Å². The van der Waals surface area contributed by atoms with E-state index in [1.54, 1.807) is 0 Å². The van der Waals surface area contributed by atoms with E-state index < -0.39 is 8.32 Å². The predicted molar refractivity (Wildman–Crippen MR) is 140 cm³/mol. The van der Waals surface area contributed by atoms with Gasteiger partial charge in [0, 0.05) is 19.6 Å². The molecule has 4 fully saturated rings. The summed E-state index contributed by atoms with van der Waals surface area (Å²) in [6, 6.07) is 0. The number of methoxy groups -OCH3 is 2. The van der Waals surface area contributed by atoms with Gasteiger partial charge in [-0.2, -0.15) is 0 Å². The quantitative estimate of drug-likeness (QED) is 0.281. The lowest BCUT2D eigenvalue weighted by Gasteiger charge is -2.63. The van der Waals surface area contributed by atoms with Crippen LogP contribution >= 0.6 is 0 Å². The van der Waals surface area contributed by atoms with Gasteiger partial charge in [0.15, 0.2) is 8.32 Å². The maximum atomic E-state index is 11.8. The molecule has 0 bridgehead atoms. The largest absolute Gasteiger partial charge is 0.469 e. The molecule has 4 aliphatic carbocycles. The van der Waals surface area contributed by atoms with E-state index in [4.69, 9.17) is 13.9 Å². The molecule has 10 atom stereocenters. The van der Waals surface area contributed by atoms with Gasteiger partial charge in [0.05, 0.1) is 13.2 Å². The van der Waals surface area contributed by atoms with E-state index in [9.17, 15) is 4.79 Å². The van der Waals surface area contributed by atoms with E-state index in [2.05, 4.69) is 40.4 Å². The molecule has 0 aromatic rings. The number of ether oxygens (including phenoxy) is 2. The fourth-order valence-corrected chi connectivity index (χ4v) is 10.9. The monoisotopic (exact) mass is 492 g/mol. The van der Waals surface area contributed by atoms with Crippen LogP contribution in [-0.4, -0.2) is 40.7 Å². The van der Waals surface area contributed by atoms with Crippen molar-refractivity contribution in [2.75, 3.05) is 14.2 Å². The Morgan fingerprint density at radius 2 is 1.65 bits per heavy atom. The molecule has 0 heterocycles. The molecule has 196 valence electrons. The number of carbonyl (C=O) groups is 1. The topological polar surface area (TPSA) is 44.8 Å². The highest BCUT2D eigenvalue weighted by atomic mass is 28.4. The van der Waals surface area contributed by atoms with E-state index >= 15 is 0 Å². The highest BCUT2D eigenvalue weighted by Crippen LogP contribution is 2.68. The molecule has 0 amide bonds. The number of carbonyl (C=O) groups excluding carboxylic acids is 1. The number of esters is 1. The van der Waals surface area contributed by atoms with Crippen molar-refractivity contribution in [3.8, 4) is 0 Å². The molecular weight excluding hydrogens is 440 g/mol. The minimum absolute atomic E-state index is 0.0605. The van der Waals surface area contributed by atoms with Crippen LogP contribution in [-0.2, 0) is 18.7 Å². The highest BCUT2D eigenvalue weighted by Gasteiger charge is 2.63. The van der Waals surface area contributed by atoms with Crippen LogP contribution in [0.5, 0.6) is 0 Å². The summed E-state index contributed by atoms with van der Waals surface area (Å²) in [5.41, 5.74) is 0.823. The molecule has 0 aromatic carbocycles. The van der Waals surface area contributed by atoms with E-state index in [0.717, 1.165) is 24.2 Å². The molecule has 4 nitrogen and oxygen atoms in total. The van der Waals surface area contributed by atoms with Crippen molar-refractivity contribution < 1.29 is 18.7 Å². The first-order valence-corrected chi connectivity index (χ1v) is 17.6. The van der Waals surface area contributed by atoms with Crippen molar-refractivity contribution in [2.24, 2.45) is 46.3 Å². The Bertz CT molecular complexity index is 734. The highest BCUT2D eigenvalue weighted by molar-refractivity contribution is 6.69. The lowest BCUT2D eigenvalue weighted by molar-refractivity contribution is -0.180. The maximum Gasteiger partial charge on any atom is 0.305 e. The van der Waals surface area contributed by atoms with Crippen LogP contribution in [0.25, 0.3) is 0 Å². The molecule has 34 heavy (non-hydrogen) atoms. The first kappa shape index (κ1) is 26.7. The molecule has 0 N–H and O–H groups in total. The van der Waals surface area contributed by atoms with Crippen LogP contribution in [0.4, 0.5) is 0 Å². The fraction of sp³-hybridized carbons (Fsp3) is 0.966. The summed E-state index contributed by atoms with van der Waals surface area (Å²) in [6.07, 6.45) is 12.7. The molecule has 0 spiro atoms. The number of hydrogen-bond donors (Lipinski definition) is 0. The van der Waals surface area contributed by atoms with Crippen LogP contribution in [0.3, 0.4) is 0 Å². The Hall–Kier alpha value is -0.393. The van der Waals surface area contributed by atoms with Crippen molar-refractivity contribution >= 4 is 14.3 Å².